The minimum absolute atomic E-state index is 1.09. The lowest BCUT2D eigenvalue weighted by Gasteiger charge is -2.17. The van der Waals surface area contributed by atoms with Gasteiger partial charge >= 0.3 is 0 Å². The zero-order chi connectivity index (χ0) is 7.97. The molecule has 0 amide bonds. The van der Waals surface area contributed by atoms with E-state index in [2.05, 4.69) is 14.9 Å². The van der Waals surface area contributed by atoms with E-state index in [0.29, 0.717) is 0 Å². The van der Waals surface area contributed by atoms with Crippen LogP contribution in [-0.2, 0) is 19.4 Å². The number of aromatic nitrogens is 2. The topological polar surface area (TPSA) is 29.9 Å². The van der Waals surface area contributed by atoms with Gasteiger partial charge in [-0.05, 0) is 25.7 Å². The summed E-state index contributed by atoms with van der Waals surface area (Å²) in [4.78, 5) is 4.58. The van der Waals surface area contributed by atoms with Crippen LogP contribution in [0, 0.1) is 0 Å². The van der Waals surface area contributed by atoms with E-state index in [1.54, 1.807) is 0 Å². The third-order valence-corrected chi connectivity index (χ3v) is 2.82. The molecule has 3 rings (SSSR count). The van der Waals surface area contributed by atoms with E-state index in [4.69, 9.17) is 0 Å². The number of rotatable bonds is 0. The molecule has 1 aliphatic carbocycles. The third-order valence-electron chi connectivity index (χ3n) is 2.82. The summed E-state index contributed by atoms with van der Waals surface area (Å²) in [7, 11) is 0. The normalized spacial score (nSPS) is 20.0. The van der Waals surface area contributed by atoms with Crippen molar-refractivity contribution >= 4 is 5.95 Å². The average molecular weight is 163 g/mol. The van der Waals surface area contributed by atoms with Crippen LogP contribution < -0.4 is 5.32 Å². The molecule has 0 atom stereocenters. The molecule has 2 aliphatic rings. The van der Waals surface area contributed by atoms with Crippen molar-refractivity contribution < 1.29 is 0 Å². The molecular weight excluding hydrogens is 150 g/mol. The van der Waals surface area contributed by atoms with E-state index in [0.717, 1.165) is 12.5 Å². The molecule has 1 aliphatic heterocycles. The highest BCUT2D eigenvalue weighted by molar-refractivity contribution is 5.37. The lowest BCUT2D eigenvalue weighted by atomic mass is 10.3. The van der Waals surface area contributed by atoms with Crippen LogP contribution in [0.3, 0.4) is 0 Å². The number of hydrogen-bond acceptors (Lipinski definition) is 2. The predicted octanol–water partition coefficient (Wildman–Crippen LogP) is 1.19. The van der Waals surface area contributed by atoms with Crippen molar-refractivity contribution in [2.24, 2.45) is 0 Å². The molecule has 3 heteroatoms. The van der Waals surface area contributed by atoms with E-state index in [1.807, 2.05) is 0 Å². The average Bonchev–Trinajstić information content (AvgIpc) is 2.62. The van der Waals surface area contributed by atoms with E-state index in [-0.39, 0.29) is 0 Å². The van der Waals surface area contributed by atoms with Gasteiger partial charge in [-0.2, -0.15) is 0 Å². The third kappa shape index (κ3) is 0.737. The molecule has 0 fully saturated rings. The van der Waals surface area contributed by atoms with Crippen molar-refractivity contribution in [3.63, 3.8) is 0 Å². The lowest BCUT2D eigenvalue weighted by Crippen LogP contribution is -2.18. The second-order valence-electron chi connectivity index (χ2n) is 3.61. The van der Waals surface area contributed by atoms with E-state index in [1.165, 1.54) is 43.6 Å². The van der Waals surface area contributed by atoms with Crippen LogP contribution in [0.2, 0.25) is 0 Å². The Bertz CT molecular complexity index is 314. The molecule has 0 unspecified atom stereocenters. The molecule has 0 aromatic carbocycles. The fourth-order valence-corrected chi connectivity index (χ4v) is 2.25. The van der Waals surface area contributed by atoms with Gasteiger partial charge in [0.25, 0.3) is 0 Å². The Hall–Kier alpha value is -0.990. The first-order valence-electron chi connectivity index (χ1n) is 4.77. The van der Waals surface area contributed by atoms with Crippen molar-refractivity contribution in [1.29, 1.82) is 0 Å². The zero-order valence-electron chi connectivity index (χ0n) is 7.14. The Morgan fingerprint density at radius 2 is 2.25 bits per heavy atom. The van der Waals surface area contributed by atoms with Gasteiger partial charge in [0.05, 0.1) is 5.69 Å². The molecule has 1 aromatic heterocycles. The Morgan fingerprint density at radius 1 is 1.25 bits per heavy atom. The highest BCUT2D eigenvalue weighted by atomic mass is 15.2. The van der Waals surface area contributed by atoms with Crippen LogP contribution in [-0.4, -0.2) is 16.1 Å². The molecule has 1 N–H and O–H groups in total. The van der Waals surface area contributed by atoms with Gasteiger partial charge in [0.15, 0.2) is 0 Å². The van der Waals surface area contributed by atoms with Gasteiger partial charge in [0, 0.05) is 18.8 Å². The van der Waals surface area contributed by atoms with Gasteiger partial charge in [-0.15, -0.1) is 0 Å². The molecule has 0 spiro atoms. The van der Waals surface area contributed by atoms with Gasteiger partial charge in [-0.3, -0.25) is 0 Å². The molecule has 1 aromatic rings. The summed E-state index contributed by atoms with van der Waals surface area (Å²) >= 11 is 0. The number of hydrogen-bond donors (Lipinski definition) is 1. The Morgan fingerprint density at radius 3 is 3.25 bits per heavy atom. The van der Waals surface area contributed by atoms with Crippen molar-refractivity contribution in [1.82, 2.24) is 9.55 Å². The molecule has 64 valence electrons. The highest BCUT2D eigenvalue weighted by Gasteiger charge is 2.22. The molecule has 0 radical (unpaired) electrons. The summed E-state index contributed by atoms with van der Waals surface area (Å²) in [6.07, 6.45) is 4.98. The Kier molecular flexibility index (Phi) is 1.22. The first kappa shape index (κ1) is 6.52. The van der Waals surface area contributed by atoms with Gasteiger partial charge < -0.3 is 9.88 Å². The van der Waals surface area contributed by atoms with Crippen molar-refractivity contribution in [3.8, 4) is 0 Å². The van der Waals surface area contributed by atoms with Gasteiger partial charge in [-0.25, -0.2) is 4.98 Å². The number of nitrogens with one attached hydrogen (secondary N) is 1. The second kappa shape index (κ2) is 2.25. The van der Waals surface area contributed by atoms with Crippen LogP contribution in [0.15, 0.2) is 0 Å². The summed E-state index contributed by atoms with van der Waals surface area (Å²) in [6, 6.07) is 0. The Labute approximate surface area is 71.8 Å². The highest BCUT2D eigenvalue weighted by Crippen LogP contribution is 2.26. The summed E-state index contributed by atoms with van der Waals surface area (Å²) in [5.74, 6) is 1.12. The molecule has 12 heavy (non-hydrogen) atoms. The quantitative estimate of drug-likeness (QED) is 0.622. The molecule has 0 bridgehead atoms. The fraction of sp³-hybridized carbons (Fsp3) is 0.667. The largest absolute Gasteiger partial charge is 0.356 e. The van der Waals surface area contributed by atoms with E-state index >= 15 is 0 Å². The standard InChI is InChI=1S/C9H13N3/c1-3-7-8(4-1)12-6-2-5-10-9(12)11-7/h1-6H2,(H,10,11). The predicted molar refractivity (Wildman–Crippen MR) is 47.4 cm³/mol. The number of imidazole rings is 1. The monoisotopic (exact) mass is 163 g/mol. The van der Waals surface area contributed by atoms with Crippen LogP contribution >= 0.6 is 0 Å². The number of anilines is 1. The van der Waals surface area contributed by atoms with Gasteiger partial charge in [-0.1, -0.05) is 0 Å². The molecule has 2 heterocycles. The Balaban J connectivity index is 2.14. The van der Waals surface area contributed by atoms with Crippen molar-refractivity contribution in [2.45, 2.75) is 32.2 Å². The first-order valence-corrected chi connectivity index (χ1v) is 4.77. The fourth-order valence-electron chi connectivity index (χ4n) is 2.25. The van der Waals surface area contributed by atoms with Gasteiger partial charge in [0.2, 0.25) is 5.95 Å². The number of aryl methyl sites for hydroxylation is 1. The van der Waals surface area contributed by atoms with E-state index < -0.39 is 0 Å². The number of fused-ring (bicyclic) bond motifs is 3. The SMILES string of the molecule is C1Cc2nc3n(c2C1)CCCN3. The summed E-state index contributed by atoms with van der Waals surface area (Å²) in [5, 5.41) is 3.34. The van der Waals surface area contributed by atoms with Crippen molar-refractivity contribution in [3.05, 3.63) is 11.4 Å². The zero-order valence-corrected chi connectivity index (χ0v) is 7.14. The summed E-state index contributed by atoms with van der Waals surface area (Å²) < 4.78 is 2.37. The molecule has 0 saturated heterocycles. The maximum Gasteiger partial charge on any atom is 0.203 e. The second-order valence-corrected chi connectivity index (χ2v) is 3.61. The summed E-state index contributed by atoms with van der Waals surface area (Å²) in [6.45, 7) is 2.26. The summed E-state index contributed by atoms with van der Waals surface area (Å²) in [5.41, 5.74) is 2.84. The molecule has 0 saturated carbocycles. The minimum Gasteiger partial charge on any atom is -0.356 e. The molecule has 3 nitrogen and oxygen atoms in total. The van der Waals surface area contributed by atoms with Crippen LogP contribution in [0.1, 0.15) is 24.2 Å². The van der Waals surface area contributed by atoms with Crippen LogP contribution in [0.4, 0.5) is 5.95 Å². The smallest absolute Gasteiger partial charge is 0.203 e. The lowest BCUT2D eigenvalue weighted by molar-refractivity contribution is 0.603. The maximum absolute atomic E-state index is 4.58. The maximum atomic E-state index is 4.58. The molecular formula is C9H13N3. The van der Waals surface area contributed by atoms with Crippen LogP contribution in [0.5, 0.6) is 0 Å². The van der Waals surface area contributed by atoms with E-state index in [9.17, 15) is 0 Å². The first-order chi connectivity index (χ1) is 5.95. The number of nitrogens with zero attached hydrogens (tertiary/aromatic N) is 2. The van der Waals surface area contributed by atoms with Crippen molar-refractivity contribution in [2.75, 3.05) is 11.9 Å². The minimum atomic E-state index is 1.09. The van der Waals surface area contributed by atoms with Crippen LogP contribution in [0.25, 0.3) is 0 Å². The van der Waals surface area contributed by atoms with Gasteiger partial charge in [0.1, 0.15) is 0 Å².